The number of amides is 1. The van der Waals surface area contributed by atoms with Crippen molar-refractivity contribution >= 4 is 22.4 Å². The van der Waals surface area contributed by atoms with Gasteiger partial charge in [-0.15, -0.1) is 17.9 Å². The number of hydrogen-bond donors (Lipinski definition) is 1. The Morgan fingerprint density at radius 3 is 2.88 bits per heavy atom. The van der Waals surface area contributed by atoms with Crippen LogP contribution < -0.4 is 10.1 Å². The molecule has 0 radical (unpaired) electrons. The summed E-state index contributed by atoms with van der Waals surface area (Å²) >= 11 is 1.40. The number of allylic oxidation sites excluding steroid dienone is 1. The molecule has 1 N–H and O–H groups in total. The first-order valence-corrected chi connectivity index (χ1v) is 9.11. The van der Waals surface area contributed by atoms with Crippen molar-refractivity contribution in [3.05, 3.63) is 65.3 Å². The highest BCUT2D eigenvalue weighted by atomic mass is 32.1. The van der Waals surface area contributed by atoms with Gasteiger partial charge in [-0.25, -0.2) is 4.98 Å². The zero-order valence-electron chi connectivity index (χ0n) is 15.1. The van der Waals surface area contributed by atoms with Gasteiger partial charge < -0.3 is 9.30 Å². The van der Waals surface area contributed by atoms with E-state index in [-0.39, 0.29) is 5.91 Å². The van der Waals surface area contributed by atoms with E-state index in [0.717, 1.165) is 29.2 Å². The van der Waals surface area contributed by atoms with Crippen molar-refractivity contribution < 1.29 is 9.53 Å². The van der Waals surface area contributed by atoms with Gasteiger partial charge in [0.2, 0.25) is 0 Å². The van der Waals surface area contributed by atoms with Crippen molar-refractivity contribution in [1.29, 1.82) is 0 Å². The molecule has 0 spiro atoms. The molecule has 3 rings (SSSR count). The Labute approximate surface area is 157 Å². The summed E-state index contributed by atoms with van der Waals surface area (Å²) in [5.74, 6) is 0.301. The summed E-state index contributed by atoms with van der Waals surface area (Å²) < 4.78 is 7.43. The Bertz CT molecular complexity index is 956. The van der Waals surface area contributed by atoms with E-state index < -0.39 is 0 Å². The summed E-state index contributed by atoms with van der Waals surface area (Å²) in [6.07, 6.45) is 1.88. The molecule has 0 aliphatic rings. The molecule has 1 amide bonds. The molecule has 0 saturated carbocycles. The molecule has 0 aliphatic heterocycles. The number of anilines is 1. The van der Waals surface area contributed by atoms with Gasteiger partial charge in [-0.1, -0.05) is 18.2 Å². The summed E-state index contributed by atoms with van der Waals surface area (Å²) in [4.78, 5) is 17.1. The molecule has 1 aromatic carbocycles. The number of nitrogens with zero attached hydrogens (tertiary/aromatic N) is 2. The number of thiazole rings is 1. The van der Waals surface area contributed by atoms with E-state index in [4.69, 9.17) is 4.74 Å². The first kappa shape index (κ1) is 17.9. The van der Waals surface area contributed by atoms with Crippen LogP contribution in [-0.2, 0) is 6.54 Å². The van der Waals surface area contributed by atoms with Crippen molar-refractivity contribution in [2.24, 2.45) is 0 Å². The van der Waals surface area contributed by atoms with Crippen molar-refractivity contribution in [2.45, 2.75) is 20.4 Å². The number of methoxy groups -OCH3 is 1. The van der Waals surface area contributed by atoms with Gasteiger partial charge >= 0.3 is 0 Å². The van der Waals surface area contributed by atoms with Gasteiger partial charge in [0.1, 0.15) is 5.75 Å². The number of para-hydroxylation sites is 1. The van der Waals surface area contributed by atoms with Crippen molar-refractivity contribution in [2.75, 3.05) is 12.4 Å². The molecule has 0 saturated heterocycles. The van der Waals surface area contributed by atoms with Crippen molar-refractivity contribution in [3.8, 4) is 17.0 Å². The molecular weight excluding hydrogens is 346 g/mol. The molecule has 3 aromatic rings. The van der Waals surface area contributed by atoms with E-state index in [1.807, 2.05) is 17.5 Å². The molecule has 26 heavy (non-hydrogen) atoms. The molecule has 2 aromatic heterocycles. The molecule has 0 bridgehead atoms. The first-order chi connectivity index (χ1) is 12.5. The van der Waals surface area contributed by atoms with Crippen LogP contribution in [0.25, 0.3) is 11.3 Å². The third-order valence-electron chi connectivity index (χ3n) is 4.24. The average Bonchev–Trinajstić information content (AvgIpc) is 3.21. The Hall–Kier alpha value is -2.86. The summed E-state index contributed by atoms with van der Waals surface area (Å²) in [5, 5.41) is 5.37. The zero-order valence-corrected chi connectivity index (χ0v) is 15.9. The second kappa shape index (κ2) is 7.58. The maximum absolute atomic E-state index is 12.5. The van der Waals surface area contributed by atoms with E-state index in [9.17, 15) is 4.79 Å². The number of aryl methyl sites for hydroxylation is 1. The second-order valence-corrected chi connectivity index (χ2v) is 6.73. The molecule has 134 valence electrons. The third-order valence-corrected chi connectivity index (χ3v) is 5.00. The van der Waals surface area contributed by atoms with Crippen molar-refractivity contribution in [1.82, 2.24) is 9.55 Å². The minimum Gasteiger partial charge on any atom is -0.496 e. The fourth-order valence-corrected chi connectivity index (χ4v) is 3.63. The van der Waals surface area contributed by atoms with E-state index >= 15 is 0 Å². The summed E-state index contributed by atoms with van der Waals surface area (Å²) in [5.41, 5.74) is 4.70. The Kier molecular flexibility index (Phi) is 5.23. The molecule has 0 aliphatic carbocycles. The third kappa shape index (κ3) is 3.41. The molecule has 6 heteroatoms. The number of aromatic nitrogens is 2. The van der Waals surface area contributed by atoms with Gasteiger partial charge in [0.05, 0.1) is 18.4 Å². The van der Waals surface area contributed by atoms with Crippen LogP contribution in [0.4, 0.5) is 5.13 Å². The second-order valence-electron chi connectivity index (χ2n) is 5.88. The minimum absolute atomic E-state index is 0.236. The molecule has 0 fully saturated rings. The minimum atomic E-state index is -0.236. The van der Waals surface area contributed by atoms with E-state index in [1.54, 1.807) is 25.3 Å². The molecule has 2 heterocycles. The predicted octanol–water partition coefficient (Wildman–Crippen LogP) is 4.68. The summed E-state index contributed by atoms with van der Waals surface area (Å²) in [6.45, 7) is 8.70. The van der Waals surface area contributed by atoms with E-state index in [0.29, 0.717) is 16.4 Å². The smallest absolute Gasteiger partial charge is 0.261 e. The Morgan fingerprint density at radius 1 is 1.38 bits per heavy atom. The number of carbonyl (C=O) groups excluding carboxylic acids is 1. The SMILES string of the molecule is C=CCn1c(C)cc(-c2csc(NC(=O)c3ccccc3OC)n2)c1C. The van der Waals surface area contributed by atoms with Crippen molar-refractivity contribution in [3.63, 3.8) is 0 Å². The standard InChI is InChI=1S/C20H21N3O2S/c1-5-10-23-13(2)11-16(14(23)3)17-12-26-20(21-17)22-19(24)15-8-6-7-9-18(15)25-4/h5-9,11-12H,1,10H2,2-4H3,(H,21,22,24). The molecule has 0 unspecified atom stereocenters. The lowest BCUT2D eigenvalue weighted by molar-refractivity contribution is 0.102. The molecule has 5 nitrogen and oxygen atoms in total. The van der Waals surface area contributed by atoms with E-state index in [1.165, 1.54) is 11.3 Å². The topological polar surface area (TPSA) is 56.2 Å². The van der Waals surface area contributed by atoms with Crippen LogP contribution in [0.3, 0.4) is 0 Å². The normalized spacial score (nSPS) is 10.6. The number of nitrogens with one attached hydrogen (secondary N) is 1. The summed E-state index contributed by atoms with van der Waals surface area (Å²) in [6, 6.07) is 9.23. The lowest BCUT2D eigenvalue weighted by Crippen LogP contribution is -2.12. The largest absolute Gasteiger partial charge is 0.496 e. The summed E-state index contributed by atoms with van der Waals surface area (Å²) in [7, 11) is 1.55. The lowest BCUT2D eigenvalue weighted by atomic mass is 10.2. The highest BCUT2D eigenvalue weighted by molar-refractivity contribution is 7.14. The average molecular weight is 367 g/mol. The quantitative estimate of drug-likeness (QED) is 0.644. The number of rotatable bonds is 6. The van der Waals surface area contributed by atoms with Crippen LogP contribution in [0.5, 0.6) is 5.75 Å². The van der Waals surface area contributed by atoms with Gasteiger partial charge in [-0.2, -0.15) is 0 Å². The van der Waals surface area contributed by atoms with Crippen LogP contribution >= 0.6 is 11.3 Å². The molecule has 0 atom stereocenters. The van der Waals surface area contributed by atoms with Crippen LogP contribution in [0, 0.1) is 13.8 Å². The number of carbonyl (C=O) groups is 1. The Morgan fingerprint density at radius 2 is 2.15 bits per heavy atom. The zero-order chi connectivity index (χ0) is 18.7. The van der Waals surface area contributed by atoms with Gasteiger partial charge in [0, 0.05) is 28.9 Å². The first-order valence-electron chi connectivity index (χ1n) is 8.23. The van der Waals surface area contributed by atoms with Crippen LogP contribution in [-0.4, -0.2) is 22.6 Å². The van der Waals surface area contributed by atoms with Crippen LogP contribution in [0.1, 0.15) is 21.7 Å². The fourth-order valence-electron chi connectivity index (χ4n) is 2.92. The van der Waals surface area contributed by atoms with E-state index in [2.05, 4.69) is 41.4 Å². The molecular formula is C20H21N3O2S. The van der Waals surface area contributed by atoms with Gasteiger partial charge in [0.25, 0.3) is 5.91 Å². The number of hydrogen-bond acceptors (Lipinski definition) is 4. The number of benzene rings is 1. The highest BCUT2D eigenvalue weighted by Crippen LogP contribution is 2.30. The Balaban J connectivity index is 1.84. The predicted molar refractivity (Wildman–Crippen MR) is 106 cm³/mol. The fraction of sp³-hybridized carbons (Fsp3) is 0.200. The van der Waals surface area contributed by atoms with Crippen LogP contribution in [0.15, 0.2) is 48.4 Å². The number of ether oxygens (including phenoxy) is 1. The van der Waals surface area contributed by atoms with Gasteiger partial charge in [-0.3, -0.25) is 10.1 Å². The lowest BCUT2D eigenvalue weighted by Gasteiger charge is -2.07. The van der Waals surface area contributed by atoms with Crippen LogP contribution in [0.2, 0.25) is 0 Å². The monoisotopic (exact) mass is 367 g/mol. The maximum Gasteiger partial charge on any atom is 0.261 e. The van der Waals surface area contributed by atoms with Gasteiger partial charge in [-0.05, 0) is 32.0 Å². The highest BCUT2D eigenvalue weighted by Gasteiger charge is 2.16. The maximum atomic E-state index is 12.5. The van der Waals surface area contributed by atoms with Gasteiger partial charge in [0.15, 0.2) is 5.13 Å².